The van der Waals surface area contributed by atoms with E-state index in [0.717, 1.165) is 62.6 Å². The number of benzene rings is 3. The molecule has 3 aromatic rings. The molecule has 0 spiro atoms. The Morgan fingerprint density at radius 3 is 2.20 bits per heavy atom. The first kappa shape index (κ1) is 51.4. The van der Waals surface area contributed by atoms with Crippen molar-refractivity contribution in [3.63, 3.8) is 0 Å². The van der Waals surface area contributed by atoms with Crippen molar-refractivity contribution in [2.24, 2.45) is 0 Å². The van der Waals surface area contributed by atoms with Crippen molar-refractivity contribution < 1.29 is 79.3 Å². The third-order valence-electron chi connectivity index (χ3n) is 11.9. The van der Waals surface area contributed by atoms with Crippen molar-refractivity contribution >= 4 is 77.6 Å². The molecule has 0 N–H and O–H groups in total. The third kappa shape index (κ3) is 12.6. The van der Waals surface area contributed by atoms with Gasteiger partial charge in [0, 0.05) is 83.1 Å². The molecule has 64 heavy (non-hydrogen) atoms. The molecule has 0 aliphatic carbocycles. The Kier molecular flexibility index (Phi) is 17.5. The Morgan fingerprint density at radius 1 is 0.812 bits per heavy atom. The summed E-state index contributed by atoms with van der Waals surface area (Å²) < 4.78 is 70.5. The minimum absolute atomic E-state index is 0. The summed E-state index contributed by atoms with van der Waals surface area (Å²) in [6.07, 6.45) is 14.1. The van der Waals surface area contributed by atoms with Gasteiger partial charge in [0.1, 0.15) is 6.54 Å². The number of allylic oxidation sites excluding steroid dienone is 6. The normalized spacial score (nSPS) is 17.6. The fourth-order valence-corrected chi connectivity index (χ4v) is 10.8. The Labute approximate surface area is 403 Å². The maximum Gasteiger partial charge on any atom is 1.00 e. The van der Waals surface area contributed by atoms with Crippen molar-refractivity contribution in [2.45, 2.75) is 108 Å². The summed E-state index contributed by atoms with van der Waals surface area (Å²) in [6, 6.07) is 18.8. The number of imide groups is 1. The number of anilines is 1. The number of fused-ring (bicyclic) bond motifs is 4. The van der Waals surface area contributed by atoms with Gasteiger partial charge in [-0.15, -0.1) is 16.8 Å². The molecule has 0 unspecified atom stereocenters. The zero-order valence-electron chi connectivity index (χ0n) is 37.3. The number of hydroxylamine groups is 2. The van der Waals surface area contributed by atoms with Crippen LogP contribution in [-0.4, -0.2) is 89.4 Å². The number of thioether (sulfide) groups is 1. The molecule has 1 saturated heterocycles. The largest absolute Gasteiger partial charge is 1.00 e. The van der Waals surface area contributed by atoms with Crippen LogP contribution in [0.1, 0.15) is 103 Å². The first-order valence-electron chi connectivity index (χ1n) is 21.5. The number of hydrogen-bond donors (Lipinski definition) is 0. The van der Waals surface area contributed by atoms with Gasteiger partial charge in [0.2, 0.25) is 5.69 Å². The number of nitrogens with zero attached hydrogens (tertiary/aromatic N) is 3. The Balaban J connectivity index is 0.00000771. The summed E-state index contributed by atoms with van der Waals surface area (Å²) in [5.74, 6) is -1.57. The molecular formula is C47H56N3NaO10S3. The number of hydrogen-bond acceptors (Lipinski definition) is 12. The van der Waals surface area contributed by atoms with Crippen LogP contribution in [0.15, 0.2) is 95.6 Å². The molecular weight excluding hydrogens is 886 g/mol. The average Bonchev–Trinajstić information content (AvgIpc) is 3.73. The smallest absolute Gasteiger partial charge is 0.748 e. The van der Waals surface area contributed by atoms with Gasteiger partial charge in [0.15, 0.2) is 5.71 Å². The first-order valence-corrected chi connectivity index (χ1v) is 25.6. The molecule has 3 aliphatic rings. The van der Waals surface area contributed by atoms with Crippen molar-refractivity contribution in [1.82, 2.24) is 5.06 Å². The van der Waals surface area contributed by atoms with Crippen LogP contribution in [0, 0.1) is 0 Å². The molecule has 0 atom stereocenters. The molecule has 3 heterocycles. The summed E-state index contributed by atoms with van der Waals surface area (Å²) in [6.45, 7) is 9.78. The molecule has 3 aromatic carbocycles. The number of unbranched alkanes of at least 4 members (excludes halogenated alkanes) is 4. The SMILES string of the molecule is CC1(C)C(/C=C/C=C/C=C2/N(CCCCS(=O)(=O)[O-])c3ccc(SCCCCCC(=O)ON4C(=O)CCC4=O)cc3C2(C)C)=[N+](CCCCS(=O)(=O)[O-])c2ccc3ccccc3c21.[Na+]. The third-order valence-corrected chi connectivity index (χ3v) is 14.6. The molecule has 13 nitrogen and oxygen atoms in total. The van der Waals surface area contributed by atoms with E-state index in [-0.39, 0.29) is 67.1 Å². The molecule has 0 saturated carbocycles. The standard InChI is InChI=1S/C47H57N3O10S3.Na/c1-46(2)37-33-35(61-30-14-6-9-21-44(53)60-50-42(51)26-27-43(50)52)23-25-38(37)48(28-12-15-31-62(54,55)56)40(46)19-7-5-8-20-41-47(3,4)45-36-18-11-10-17-34(36)22-24-39(45)49(41)29-13-16-32-63(57,58)59;/h5,7-8,10-11,17-20,22-25,33H,6,9,12-16,21,26-32H2,1-4H3,(H-,54,55,56,57,58,59);/q;+1/p-1. The second-order valence-electron chi connectivity index (χ2n) is 17.2. The van der Waals surface area contributed by atoms with Crippen LogP contribution >= 0.6 is 11.8 Å². The van der Waals surface area contributed by atoms with Crippen molar-refractivity contribution in [2.75, 3.05) is 35.2 Å². The van der Waals surface area contributed by atoms with Crippen molar-refractivity contribution in [3.8, 4) is 0 Å². The zero-order valence-corrected chi connectivity index (χ0v) is 41.8. The number of carbonyl (C=O) groups excluding carboxylic acids is 3. The average molecular weight is 942 g/mol. The van der Waals surface area contributed by atoms with E-state index in [1.165, 1.54) is 5.56 Å². The van der Waals surface area contributed by atoms with Crippen LogP contribution in [0.3, 0.4) is 0 Å². The van der Waals surface area contributed by atoms with Crippen LogP contribution in [-0.2, 0) is 50.3 Å². The van der Waals surface area contributed by atoms with Gasteiger partial charge in [-0.3, -0.25) is 9.59 Å². The van der Waals surface area contributed by atoms with E-state index >= 15 is 0 Å². The van der Waals surface area contributed by atoms with Gasteiger partial charge in [-0.1, -0.05) is 62.8 Å². The second-order valence-corrected chi connectivity index (χ2v) is 21.5. The summed E-state index contributed by atoms with van der Waals surface area (Å²) in [4.78, 5) is 43.9. The van der Waals surface area contributed by atoms with Gasteiger partial charge in [0.25, 0.3) is 11.8 Å². The second kappa shape index (κ2) is 21.8. The Hall–Kier alpha value is -3.61. The molecule has 17 heteroatoms. The van der Waals surface area contributed by atoms with Crippen LogP contribution in [0.2, 0.25) is 0 Å². The van der Waals surface area contributed by atoms with E-state index in [2.05, 4.69) is 91.8 Å². The summed E-state index contributed by atoms with van der Waals surface area (Å²) in [5.41, 5.74) is 5.69. The molecule has 0 aromatic heterocycles. The van der Waals surface area contributed by atoms with E-state index < -0.39 is 54.9 Å². The topological polar surface area (TPSA) is 184 Å². The molecule has 3 aliphatic heterocycles. The minimum atomic E-state index is -4.33. The number of amides is 2. The van der Waals surface area contributed by atoms with E-state index in [1.54, 1.807) is 11.8 Å². The summed E-state index contributed by atoms with van der Waals surface area (Å²) in [5, 5.41) is 2.87. The van der Waals surface area contributed by atoms with Crippen molar-refractivity contribution in [1.29, 1.82) is 0 Å². The van der Waals surface area contributed by atoms with Crippen LogP contribution in [0.4, 0.5) is 11.4 Å². The van der Waals surface area contributed by atoms with E-state index in [1.807, 2.05) is 30.4 Å². The predicted octanol–water partition coefficient (Wildman–Crippen LogP) is 4.92. The number of rotatable bonds is 21. The molecule has 2 amide bonds. The number of carbonyl (C=O) groups is 3. The van der Waals surface area contributed by atoms with Crippen LogP contribution in [0.25, 0.3) is 10.8 Å². The predicted molar refractivity (Wildman–Crippen MR) is 244 cm³/mol. The van der Waals surface area contributed by atoms with Gasteiger partial charge in [-0.25, -0.2) is 21.6 Å². The van der Waals surface area contributed by atoms with Crippen LogP contribution < -0.4 is 34.5 Å². The summed E-state index contributed by atoms with van der Waals surface area (Å²) in [7, 11) is -8.63. The van der Waals surface area contributed by atoms with Gasteiger partial charge >= 0.3 is 35.5 Å². The maximum atomic E-state index is 12.2. The van der Waals surface area contributed by atoms with E-state index in [4.69, 9.17) is 4.84 Å². The Bertz CT molecular complexity index is 2590. The quantitative estimate of drug-likeness (QED) is 0.0268. The van der Waals surface area contributed by atoms with Gasteiger partial charge in [0.05, 0.1) is 25.7 Å². The van der Waals surface area contributed by atoms with Crippen molar-refractivity contribution in [3.05, 3.63) is 102 Å². The molecule has 0 radical (unpaired) electrons. The molecule has 6 rings (SSSR count). The van der Waals surface area contributed by atoms with E-state index in [9.17, 15) is 40.3 Å². The van der Waals surface area contributed by atoms with Gasteiger partial charge < -0.3 is 18.8 Å². The monoisotopic (exact) mass is 941 g/mol. The molecule has 338 valence electrons. The summed E-state index contributed by atoms with van der Waals surface area (Å²) >= 11 is 1.72. The maximum absolute atomic E-state index is 12.2. The van der Waals surface area contributed by atoms with Gasteiger partial charge in [-0.2, -0.15) is 4.58 Å². The zero-order chi connectivity index (χ0) is 45.6. The van der Waals surface area contributed by atoms with Crippen LogP contribution in [0.5, 0.6) is 0 Å². The fourth-order valence-electron chi connectivity index (χ4n) is 8.76. The minimum Gasteiger partial charge on any atom is -0.748 e. The van der Waals surface area contributed by atoms with E-state index in [0.29, 0.717) is 37.4 Å². The molecule has 1 fully saturated rings. The molecule has 0 bridgehead atoms. The van der Waals surface area contributed by atoms with Gasteiger partial charge in [-0.05, 0) is 98.4 Å². The Morgan fingerprint density at radius 2 is 1.50 bits per heavy atom. The fraction of sp³-hybridized carbons (Fsp3) is 0.447. The first-order chi connectivity index (χ1) is 29.8.